The summed E-state index contributed by atoms with van der Waals surface area (Å²) < 4.78 is 0. The van der Waals surface area contributed by atoms with Gasteiger partial charge in [0.25, 0.3) is 0 Å². The van der Waals surface area contributed by atoms with Gasteiger partial charge in [-0.25, -0.2) is 0 Å². The Morgan fingerprint density at radius 3 is 2.09 bits per heavy atom. The van der Waals surface area contributed by atoms with Crippen LogP contribution in [0.1, 0.15) is 32.6 Å². The van der Waals surface area contributed by atoms with E-state index in [0.717, 1.165) is 6.54 Å². The molecule has 0 aliphatic heterocycles. The predicted molar refractivity (Wildman–Crippen MR) is 49.0 cm³/mol. The summed E-state index contributed by atoms with van der Waals surface area (Å²) in [5.41, 5.74) is 10.9. The van der Waals surface area contributed by atoms with Crippen LogP contribution in [0.4, 0.5) is 0 Å². The summed E-state index contributed by atoms with van der Waals surface area (Å²) in [7, 11) is 0. The highest BCUT2D eigenvalue weighted by Crippen LogP contribution is 1.99. The van der Waals surface area contributed by atoms with Crippen LogP contribution in [-0.2, 0) is 0 Å². The molecule has 3 nitrogen and oxygen atoms in total. The molecule has 0 atom stereocenters. The number of nitrogens with two attached hydrogens (primary N) is 2. The molecule has 0 fully saturated rings. The average Bonchev–Trinajstić information content (AvgIpc) is 2.05. The molecule has 0 aromatic carbocycles. The lowest BCUT2D eigenvalue weighted by atomic mass is 10.2. The molecule has 68 valence electrons. The summed E-state index contributed by atoms with van der Waals surface area (Å²) in [6.45, 7) is 4.43. The van der Waals surface area contributed by atoms with Gasteiger partial charge in [-0.05, 0) is 6.42 Å². The van der Waals surface area contributed by atoms with Gasteiger partial charge in [0.15, 0.2) is 0 Å². The van der Waals surface area contributed by atoms with Gasteiger partial charge in [0.2, 0.25) is 0 Å². The van der Waals surface area contributed by atoms with E-state index in [-0.39, 0.29) is 0 Å². The van der Waals surface area contributed by atoms with Crippen LogP contribution in [0.15, 0.2) is 0 Å². The maximum Gasteiger partial charge on any atom is 0.0467 e. The molecular weight excluding hydrogens is 138 g/mol. The van der Waals surface area contributed by atoms with Gasteiger partial charge in [-0.2, -0.15) is 0 Å². The molecule has 0 saturated carbocycles. The molecule has 3 heteroatoms. The summed E-state index contributed by atoms with van der Waals surface area (Å²) in [6.07, 6.45) is 5.13. The molecule has 11 heavy (non-hydrogen) atoms. The number of hydrogen-bond donors (Lipinski definition) is 2. The fourth-order valence-corrected chi connectivity index (χ4v) is 1.02. The van der Waals surface area contributed by atoms with Gasteiger partial charge in [0.1, 0.15) is 0 Å². The van der Waals surface area contributed by atoms with Crippen LogP contribution in [0.25, 0.3) is 0 Å². The molecule has 0 radical (unpaired) electrons. The quantitative estimate of drug-likeness (QED) is 0.425. The maximum atomic E-state index is 5.44. The first-order chi connectivity index (χ1) is 5.35. The Morgan fingerprint density at radius 2 is 1.64 bits per heavy atom. The van der Waals surface area contributed by atoms with Crippen LogP contribution in [0.2, 0.25) is 0 Å². The van der Waals surface area contributed by atoms with Crippen molar-refractivity contribution >= 4 is 0 Å². The second kappa shape index (κ2) is 7.98. The van der Waals surface area contributed by atoms with Gasteiger partial charge in [-0.15, -0.1) is 0 Å². The van der Waals surface area contributed by atoms with E-state index in [2.05, 4.69) is 11.8 Å². The zero-order valence-corrected chi connectivity index (χ0v) is 7.55. The first kappa shape index (κ1) is 10.9. The summed E-state index contributed by atoms with van der Waals surface area (Å²) in [5, 5.41) is 0. The molecular formula is C8H21N3. The lowest BCUT2D eigenvalue weighted by Gasteiger charge is -2.16. The van der Waals surface area contributed by atoms with Crippen molar-refractivity contribution in [3.05, 3.63) is 0 Å². The van der Waals surface area contributed by atoms with E-state index < -0.39 is 0 Å². The standard InChI is InChI=1S/C8H21N3/c1-2-3-4-5-6-11(7-9)8-10/h2-10H2,1H3. The monoisotopic (exact) mass is 159 g/mol. The Labute approximate surface area is 69.7 Å². The number of rotatable bonds is 7. The smallest absolute Gasteiger partial charge is 0.0467 e. The van der Waals surface area contributed by atoms with Crippen LogP contribution in [0, 0.1) is 0 Å². The molecule has 4 N–H and O–H groups in total. The summed E-state index contributed by atoms with van der Waals surface area (Å²) in [6, 6.07) is 0. The number of hydrogen-bond acceptors (Lipinski definition) is 3. The van der Waals surface area contributed by atoms with E-state index >= 15 is 0 Å². The average molecular weight is 159 g/mol. The molecule has 0 spiro atoms. The third-order valence-electron chi connectivity index (χ3n) is 1.84. The Morgan fingerprint density at radius 1 is 1.00 bits per heavy atom. The highest BCUT2D eigenvalue weighted by Gasteiger charge is 1.97. The second-order valence-corrected chi connectivity index (χ2v) is 2.82. The Balaban J connectivity index is 3.07. The van der Waals surface area contributed by atoms with Gasteiger partial charge in [-0.3, -0.25) is 4.90 Å². The second-order valence-electron chi connectivity index (χ2n) is 2.82. The van der Waals surface area contributed by atoms with Crippen LogP contribution in [-0.4, -0.2) is 24.8 Å². The summed E-state index contributed by atoms with van der Waals surface area (Å²) in [5.74, 6) is 0. The van der Waals surface area contributed by atoms with Crippen LogP contribution >= 0.6 is 0 Å². The molecule has 0 aromatic rings. The van der Waals surface area contributed by atoms with Crippen LogP contribution in [0.5, 0.6) is 0 Å². The third-order valence-corrected chi connectivity index (χ3v) is 1.84. The Kier molecular flexibility index (Phi) is 7.89. The number of nitrogens with zero attached hydrogens (tertiary/aromatic N) is 1. The minimum atomic E-state index is 0.586. The highest BCUT2D eigenvalue weighted by molar-refractivity contribution is 4.50. The van der Waals surface area contributed by atoms with Gasteiger partial charge in [0, 0.05) is 19.9 Å². The lowest BCUT2D eigenvalue weighted by Crippen LogP contribution is -2.35. The van der Waals surface area contributed by atoms with E-state index in [4.69, 9.17) is 11.5 Å². The van der Waals surface area contributed by atoms with E-state index in [9.17, 15) is 0 Å². The summed E-state index contributed by atoms with van der Waals surface area (Å²) >= 11 is 0. The molecule has 0 saturated heterocycles. The van der Waals surface area contributed by atoms with Gasteiger partial charge < -0.3 is 11.5 Å². The maximum absolute atomic E-state index is 5.44. The molecule has 0 unspecified atom stereocenters. The van der Waals surface area contributed by atoms with Crippen molar-refractivity contribution in [1.29, 1.82) is 0 Å². The van der Waals surface area contributed by atoms with Crippen molar-refractivity contribution in [3.8, 4) is 0 Å². The minimum absolute atomic E-state index is 0.586. The van der Waals surface area contributed by atoms with Crippen molar-refractivity contribution in [2.45, 2.75) is 32.6 Å². The minimum Gasteiger partial charge on any atom is -0.318 e. The Hall–Kier alpha value is -0.120. The van der Waals surface area contributed by atoms with Gasteiger partial charge in [-0.1, -0.05) is 26.2 Å². The van der Waals surface area contributed by atoms with Crippen molar-refractivity contribution < 1.29 is 0 Å². The Bertz CT molecular complexity index is 71.7. The molecule has 0 bridgehead atoms. The molecule has 0 rings (SSSR count). The zero-order valence-electron chi connectivity index (χ0n) is 7.55. The van der Waals surface area contributed by atoms with Crippen LogP contribution in [0.3, 0.4) is 0 Å². The first-order valence-electron chi connectivity index (χ1n) is 4.47. The normalized spacial score (nSPS) is 10.9. The topological polar surface area (TPSA) is 55.3 Å². The van der Waals surface area contributed by atoms with Gasteiger partial charge >= 0.3 is 0 Å². The van der Waals surface area contributed by atoms with Gasteiger partial charge in [0.05, 0.1) is 0 Å². The molecule has 0 amide bonds. The van der Waals surface area contributed by atoms with Crippen LogP contribution < -0.4 is 11.5 Å². The molecule has 0 heterocycles. The molecule has 0 aliphatic carbocycles. The predicted octanol–water partition coefficient (Wildman–Crippen LogP) is 0.701. The molecule has 0 aromatic heterocycles. The van der Waals surface area contributed by atoms with Crippen molar-refractivity contribution in [2.24, 2.45) is 11.5 Å². The van der Waals surface area contributed by atoms with Crippen molar-refractivity contribution in [3.63, 3.8) is 0 Å². The fraction of sp³-hybridized carbons (Fsp3) is 1.00. The largest absolute Gasteiger partial charge is 0.318 e. The van der Waals surface area contributed by atoms with E-state index in [1.165, 1.54) is 25.7 Å². The van der Waals surface area contributed by atoms with E-state index in [0.29, 0.717) is 13.3 Å². The summed E-state index contributed by atoms with van der Waals surface area (Å²) in [4.78, 5) is 2.05. The lowest BCUT2D eigenvalue weighted by molar-refractivity contribution is 0.282. The van der Waals surface area contributed by atoms with E-state index in [1.807, 2.05) is 0 Å². The fourth-order valence-electron chi connectivity index (χ4n) is 1.02. The third kappa shape index (κ3) is 6.28. The highest BCUT2D eigenvalue weighted by atomic mass is 15.2. The SMILES string of the molecule is CCCCCCN(CN)CN. The molecule has 0 aliphatic rings. The van der Waals surface area contributed by atoms with E-state index in [1.54, 1.807) is 0 Å². The van der Waals surface area contributed by atoms with Crippen molar-refractivity contribution in [1.82, 2.24) is 4.90 Å². The first-order valence-corrected chi connectivity index (χ1v) is 4.47. The number of unbranched alkanes of at least 4 members (excludes halogenated alkanes) is 3. The van der Waals surface area contributed by atoms with Crippen molar-refractivity contribution in [2.75, 3.05) is 19.9 Å². The zero-order chi connectivity index (χ0) is 8.53.